The third kappa shape index (κ3) is 5.88. The zero-order chi connectivity index (χ0) is 37.9. The van der Waals surface area contributed by atoms with Gasteiger partial charge in [-0.05, 0) is 91.3 Å². The molecule has 0 radical (unpaired) electrons. The van der Waals surface area contributed by atoms with Crippen molar-refractivity contribution in [3.8, 4) is 11.1 Å². The summed E-state index contributed by atoms with van der Waals surface area (Å²) in [6.07, 6.45) is -0.745. The van der Waals surface area contributed by atoms with Crippen molar-refractivity contribution in [2.75, 3.05) is 50.4 Å². The highest BCUT2D eigenvalue weighted by atomic mass is 32.2. The lowest BCUT2D eigenvalue weighted by Crippen LogP contribution is -2.63. The Hall–Kier alpha value is -5.03. The van der Waals surface area contributed by atoms with Gasteiger partial charge < -0.3 is 29.7 Å². The number of aliphatic carboxylic acids is 1. The van der Waals surface area contributed by atoms with E-state index < -0.39 is 31.8 Å². The number of nitrogens with zero attached hydrogens (tertiary/aromatic N) is 2. The van der Waals surface area contributed by atoms with Gasteiger partial charge in [0, 0.05) is 56.1 Å². The lowest BCUT2D eigenvalue weighted by molar-refractivity contribution is -0.138. The van der Waals surface area contributed by atoms with Crippen LogP contribution in [0.2, 0.25) is 13.1 Å². The molecule has 1 amide bonds. The Labute approximate surface area is 322 Å². The summed E-state index contributed by atoms with van der Waals surface area (Å²) >= 11 is 1.40. The van der Waals surface area contributed by atoms with E-state index in [4.69, 9.17) is 9.47 Å². The second kappa shape index (κ2) is 13.7. The summed E-state index contributed by atoms with van der Waals surface area (Å²) in [5.41, 5.74) is 10.6. The number of alkyl carbamates (subject to hydrolysis) is 1. The smallest absolute Gasteiger partial charge is 0.407 e. The quantitative estimate of drug-likeness (QED) is 0.125. The first kappa shape index (κ1) is 36.0. The molecule has 1 unspecified atom stereocenters. The van der Waals surface area contributed by atoms with Gasteiger partial charge in [-0.15, -0.1) is 11.8 Å². The van der Waals surface area contributed by atoms with Crippen molar-refractivity contribution in [3.63, 3.8) is 0 Å². The van der Waals surface area contributed by atoms with E-state index in [-0.39, 0.29) is 18.3 Å². The SMILES string of the molecule is CN(C)c1ccc2c(c1)[Si](C)(C)c1cc(N(C)C)ccc1C21OCc2cc(SCC(NC(=O)OCC3c4ccccc4-c4ccccc43)C(=O)O)ccc21. The van der Waals surface area contributed by atoms with Gasteiger partial charge in [-0.1, -0.05) is 79.8 Å². The Kier molecular flexibility index (Phi) is 9.11. The molecular formula is C44H45N3O5SSi. The first-order valence-corrected chi connectivity index (χ1v) is 22.3. The number of carbonyl (C=O) groups is 2. The predicted octanol–water partition coefficient (Wildman–Crippen LogP) is 6.86. The van der Waals surface area contributed by atoms with Crippen molar-refractivity contribution in [1.82, 2.24) is 5.32 Å². The molecule has 2 aliphatic heterocycles. The first-order chi connectivity index (χ1) is 25.9. The number of amides is 1. The molecule has 0 aromatic heterocycles. The highest BCUT2D eigenvalue weighted by Gasteiger charge is 2.53. The third-order valence-corrected chi connectivity index (χ3v) is 16.0. The maximum Gasteiger partial charge on any atom is 0.407 e. The van der Waals surface area contributed by atoms with Crippen LogP contribution in [0.4, 0.5) is 16.2 Å². The number of fused-ring (bicyclic) bond motifs is 9. The molecule has 276 valence electrons. The molecule has 54 heavy (non-hydrogen) atoms. The number of rotatable bonds is 9. The van der Waals surface area contributed by atoms with Gasteiger partial charge in [-0.25, -0.2) is 9.59 Å². The van der Waals surface area contributed by atoms with Gasteiger partial charge in [0.2, 0.25) is 0 Å². The van der Waals surface area contributed by atoms with Gasteiger partial charge in [0.05, 0.1) is 6.61 Å². The molecule has 5 aromatic carbocycles. The fourth-order valence-corrected chi connectivity index (χ4v) is 12.7. The summed E-state index contributed by atoms with van der Waals surface area (Å²) in [5, 5.41) is 15.4. The van der Waals surface area contributed by atoms with Crippen LogP contribution < -0.4 is 25.5 Å². The third-order valence-electron chi connectivity index (χ3n) is 11.4. The second-order valence-electron chi connectivity index (χ2n) is 15.3. The van der Waals surface area contributed by atoms with Crippen molar-refractivity contribution < 1.29 is 24.2 Å². The maximum absolute atomic E-state index is 13.0. The molecule has 10 heteroatoms. The molecule has 0 saturated carbocycles. The Morgan fingerprint density at radius 1 is 0.833 bits per heavy atom. The molecule has 2 heterocycles. The highest BCUT2D eigenvalue weighted by Crippen LogP contribution is 2.50. The molecule has 8 rings (SSSR count). The minimum Gasteiger partial charge on any atom is -0.480 e. The summed E-state index contributed by atoms with van der Waals surface area (Å²) < 4.78 is 12.7. The van der Waals surface area contributed by atoms with E-state index in [1.165, 1.54) is 44.6 Å². The Morgan fingerprint density at radius 2 is 1.39 bits per heavy atom. The van der Waals surface area contributed by atoms with E-state index >= 15 is 0 Å². The topological polar surface area (TPSA) is 91.3 Å². The van der Waals surface area contributed by atoms with Gasteiger partial charge in [-0.2, -0.15) is 0 Å². The van der Waals surface area contributed by atoms with Crippen molar-refractivity contribution in [1.29, 1.82) is 0 Å². The van der Waals surface area contributed by atoms with Gasteiger partial charge in [0.25, 0.3) is 0 Å². The normalized spacial score (nSPS) is 16.0. The average Bonchev–Trinajstić information content (AvgIpc) is 3.70. The summed E-state index contributed by atoms with van der Waals surface area (Å²) in [5.74, 6) is -1.09. The van der Waals surface area contributed by atoms with E-state index in [1.54, 1.807) is 0 Å². The molecule has 0 bridgehead atoms. The number of carboxylic acid groups (broad SMARTS) is 1. The number of benzene rings is 5. The van der Waals surface area contributed by atoms with Crippen LogP contribution in [-0.2, 0) is 26.5 Å². The predicted molar refractivity (Wildman–Crippen MR) is 220 cm³/mol. The van der Waals surface area contributed by atoms with Gasteiger partial charge in [-0.3, -0.25) is 0 Å². The summed E-state index contributed by atoms with van der Waals surface area (Å²) in [6, 6.07) is 35.0. The zero-order valence-electron chi connectivity index (χ0n) is 31.5. The molecule has 5 aromatic rings. The number of anilines is 2. The number of carboxylic acids is 1. The molecule has 1 atom stereocenters. The van der Waals surface area contributed by atoms with Crippen molar-refractivity contribution >= 4 is 53.6 Å². The van der Waals surface area contributed by atoms with Crippen molar-refractivity contribution in [2.45, 2.75) is 42.2 Å². The molecule has 8 nitrogen and oxygen atoms in total. The summed E-state index contributed by atoms with van der Waals surface area (Å²) in [7, 11) is 6.17. The summed E-state index contributed by atoms with van der Waals surface area (Å²) in [6.45, 7) is 5.41. The average molecular weight is 756 g/mol. The Morgan fingerprint density at radius 3 is 1.94 bits per heavy atom. The van der Waals surface area contributed by atoms with Crippen LogP contribution in [0.5, 0.6) is 0 Å². The van der Waals surface area contributed by atoms with E-state index in [0.717, 1.165) is 38.3 Å². The molecule has 0 fully saturated rings. The molecule has 3 aliphatic rings. The van der Waals surface area contributed by atoms with E-state index in [0.29, 0.717) is 6.61 Å². The molecular weight excluding hydrogens is 711 g/mol. The monoisotopic (exact) mass is 755 g/mol. The number of ether oxygens (including phenoxy) is 2. The number of thioether (sulfide) groups is 1. The van der Waals surface area contributed by atoms with Gasteiger partial charge in [0.15, 0.2) is 0 Å². The van der Waals surface area contributed by atoms with Crippen LogP contribution in [0.25, 0.3) is 11.1 Å². The minimum atomic E-state index is -2.14. The van der Waals surface area contributed by atoms with E-state index in [2.05, 4.69) is 129 Å². The van der Waals surface area contributed by atoms with Crippen LogP contribution in [-0.4, -0.2) is 71.8 Å². The first-order valence-electron chi connectivity index (χ1n) is 18.3. The lowest BCUT2D eigenvalue weighted by Gasteiger charge is -2.45. The van der Waals surface area contributed by atoms with Crippen LogP contribution in [0, 0.1) is 0 Å². The zero-order valence-corrected chi connectivity index (χ0v) is 33.3. The summed E-state index contributed by atoms with van der Waals surface area (Å²) in [4.78, 5) is 30.6. The Bertz CT molecular complexity index is 2200. The van der Waals surface area contributed by atoms with E-state index in [9.17, 15) is 14.7 Å². The van der Waals surface area contributed by atoms with Crippen LogP contribution in [0.15, 0.2) is 108 Å². The number of hydrogen-bond donors (Lipinski definition) is 2. The molecule has 1 aliphatic carbocycles. The largest absolute Gasteiger partial charge is 0.480 e. The number of nitrogens with one attached hydrogen (secondary N) is 1. The fourth-order valence-electron chi connectivity index (χ4n) is 8.53. The molecule has 0 saturated heterocycles. The molecule has 2 N–H and O–H groups in total. The van der Waals surface area contributed by atoms with Crippen LogP contribution in [0.3, 0.4) is 0 Å². The number of hydrogen-bond acceptors (Lipinski definition) is 7. The highest BCUT2D eigenvalue weighted by molar-refractivity contribution is 7.99. The van der Waals surface area contributed by atoms with Crippen molar-refractivity contribution in [2.24, 2.45) is 0 Å². The van der Waals surface area contributed by atoms with Gasteiger partial charge >= 0.3 is 12.1 Å². The van der Waals surface area contributed by atoms with E-state index in [1.807, 2.05) is 30.3 Å². The van der Waals surface area contributed by atoms with Gasteiger partial charge in [0.1, 0.15) is 26.3 Å². The van der Waals surface area contributed by atoms with Crippen LogP contribution in [0.1, 0.15) is 39.3 Å². The lowest BCUT2D eigenvalue weighted by atomic mass is 9.79. The molecule has 1 spiro atoms. The van der Waals surface area contributed by atoms with Crippen molar-refractivity contribution in [3.05, 3.63) is 137 Å². The standard InChI is InChI=1S/C44H45N3O5SSi/c1-46(2)28-15-18-37-40(22-28)54(5,6)41-23-29(47(3)4)16-19-38(41)44(37)36-20-17-30(21-27(36)24-52-44)53-26-39(42(48)49)45-43(50)51-25-35-33-13-9-7-11-31(33)32-12-8-10-14-34(32)35/h7-23,35,39H,24-26H2,1-6H3,(H,45,50)(H,48,49). The minimum absolute atomic E-state index is 0.112. The van der Waals surface area contributed by atoms with Crippen LogP contribution >= 0.6 is 11.8 Å². The second-order valence-corrected chi connectivity index (χ2v) is 20.8. The maximum atomic E-state index is 13.0. The number of carbonyl (C=O) groups excluding carboxylic acids is 1. The fraction of sp³-hybridized carbons (Fsp3) is 0.273. The Balaban J connectivity index is 1.02.